The Morgan fingerprint density at radius 1 is 1.22 bits per heavy atom. The third kappa shape index (κ3) is 3.62. The molecule has 3 N–H and O–H groups in total. The summed E-state index contributed by atoms with van der Waals surface area (Å²) in [6.45, 7) is 0.883. The Kier molecular flexibility index (Phi) is 4.88. The van der Waals surface area contributed by atoms with Crippen LogP contribution in [0.2, 0.25) is 0 Å². The van der Waals surface area contributed by atoms with E-state index < -0.39 is 5.97 Å². The van der Waals surface area contributed by atoms with E-state index in [1.165, 1.54) is 0 Å². The first kappa shape index (κ1) is 13.7. The van der Waals surface area contributed by atoms with Crippen molar-refractivity contribution >= 4 is 23.6 Å². The first-order valence-corrected chi connectivity index (χ1v) is 7.66. The number of thioether (sulfide) groups is 1. The van der Waals surface area contributed by atoms with Crippen molar-refractivity contribution < 1.29 is 14.7 Å². The standard InChI is InChI=1S/C12H20N2O3S/c15-11(10-7-18-6-5-13-10)14-9-3-1-8(2-4-9)12(16)17/h8-10,13H,1-7H2,(H,14,15)(H,16,17). The molecular formula is C12H20N2O3S. The fraction of sp³-hybridized carbons (Fsp3) is 0.833. The van der Waals surface area contributed by atoms with Crippen LogP contribution in [0.15, 0.2) is 0 Å². The second-order valence-corrected chi connectivity index (χ2v) is 6.13. The van der Waals surface area contributed by atoms with Crippen LogP contribution < -0.4 is 10.6 Å². The lowest BCUT2D eigenvalue weighted by atomic mass is 9.86. The molecule has 2 aliphatic rings. The smallest absolute Gasteiger partial charge is 0.306 e. The summed E-state index contributed by atoms with van der Waals surface area (Å²) in [5.41, 5.74) is 0. The Labute approximate surface area is 111 Å². The summed E-state index contributed by atoms with van der Waals surface area (Å²) in [6.07, 6.45) is 2.91. The Bertz CT molecular complexity index is 310. The van der Waals surface area contributed by atoms with Crippen LogP contribution in [0, 0.1) is 5.92 Å². The van der Waals surface area contributed by atoms with Crippen LogP contribution in [-0.4, -0.2) is 47.1 Å². The lowest BCUT2D eigenvalue weighted by Gasteiger charge is -2.29. The molecule has 0 radical (unpaired) electrons. The van der Waals surface area contributed by atoms with Crippen LogP contribution in [-0.2, 0) is 9.59 Å². The Morgan fingerprint density at radius 3 is 2.50 bits per heavy atom. The van der Waals surface area contributed by atoms with Gasteiger partial charge in [0.15, 0.2) is 0 Å². The van der Waals surface area contributed by atoms with Crippen LogP contribution >= 0.6 is 11.8 Å². The molecule has 102 valence electrons. The van der Waals surface area contributed by atoms with Gasteiger partial charge in [-0.1, -0.05) is 0 Å². The molecular weight excluding hydrogens is 252 g/mol. The van der Waals surface area contributed by atoms with Gasteiger partial charge in [0.25, 0.3) is 0 Å². The fourth-order valence-electron chi connectivity index (χ4n) is 2.52. The molecule has 0 aromatic carbocycles. The molecule has 1 unspecified atom stereocenters. The highest BCUT2D eigenvalue weighted by molar-refractivity contribution is 7.99. The number of rotatable bonds is 3. The summed E-state index contributed by atoms with van der Waals surface area (Å²) < 4.78 is 0. The van der Waals surface area contributed by atoms with Crippen LogP contribution in [0.25, 0.3) is 0 Å². The number of carbonyl (C=O) groups is 2. The number of hydrogen-bond donors (Lipinski definition) is 3. The SMILES string of the molecule is O=C(O)C1CCC(NC(=O)C2CSCCN2)CC1. The number of carboxylic acids is 1. The van der Waals surface area contributed by atoms with E-state index in [4.69, 9.17) is 5.11 Å². The number of hydrogen-bond acceptors (Lipinski definition) is 4. The van der Waals surface area contributed by atoms with Gasteiger partial charge < -0.3 is 15.7 Å². The van der Waals surface area contributed by atoms with Gasteiger partial charge >= 0.3 is 5.97 Å². The average Bonchev–Trinajstić information content (AvgIpc) is 2.40. The molecule has 0 spiro atoms. The summed E-state index contributed by atoms with van der Waals surface area (Å²) in [4.78, 5) is 22.8. The molecule has 6 heteroatoms. The van der Waals surface area contributed by atoms with Gasteiger partial charge in [0.1, 0.15) is 0 Å². The quantitative estimate of drug-likeness (QED) is 0.695. The largest absolute Gasteiger partial charge is 0.481 e. The minimum absolute atomic E-state index is 0.0703. The van der Waals surface area contributed by atoms with Crippen molar-refractivity contribution in [3.8, 4) is 0 Å². The Balaban J connectivity index is 1.73. The summed E-state index contributed by atoms with van der Waals surface area (Å²) in [6, 6.07) is 0.0720. The van der Waals surface area contributed by atoms with Crippen molar-refractivity contribution in [2.75, 3.05) is 18.1 Å². The van der Waals surface area contributed by atoms with E-state index in [9.17, 15) is 9.59 Å². The second kappa shape index (κ2) is 6.43. The molecule has 1 heterocycles. The van der Waals surface area contributed by atoms with Crippen molar-refractivity contribution in [2.45, 2.75) is 37.8 Å². The first-order chi connectivity index (χ1) is 8.66. The highest BCUT2D eigenvalue weighted by Crippen LogP contribution is 2.24. The molecule has 5 nitrogen and oxygen atoms in total. The lowest BCUT2D eigenvalue weighted by molar-refractivity contribution is -0.142. The van der Waals surface area contributed by atoms with Crippen molar-refractivity contribution in [1.82, 2.24) is 10.6 Å². The molecule has 1 aliphatic heterocycles. The molecule has 0 aromatic rings. The first-order valence-electron chi connectivity index (χ1n) is 6.51. The van der Waals surface area contributed by atoms with Gasteiger partial charge in [0.2, 0.25) is 5.91 Å². The molecule has 18 heavy (non-hydrogen) atoms. The highest BCUT2D eigenvalue weighted by Gasteiger charge is 2.28. The van der Waals surface area contributed by atoms with Crippen molar-refractivity contribution in [2.24, 2.45) is 5.92 Å². The van der Waals surface area contributed by atoms with Crippen LogP contribution in [0.5, 0.6) is 0 Å². The number of amides is 1. The maximum atomic E-state index is 12.0. The zero-order chi connectivity index (χ0) is 13.0. The minimum Gasteiger partial charge on any atom is -0.481 e. The number of nitrogens with one attached hydrogen (secondary N) is 2. The zero-order valence-corrected chi connectivity index (χ0v) is 11.2. The maximum Gasteiger partial charge on any atom is 0.306 e. The topological polar surface area (TPSA) is 78.4 Å². The third-order valence-electron chi connectivity index (χ3n) is 3.66. The van der Waals surface area contributed by atoms with Gasteiger partial charge in [-0.2, -0.15) is 11.8 Å². The number of carbonyl (C=O) groups excluding carboxylic acids is 1. The Hall–Kier alpha value is -0.750. The molecule has 2 rings (SSSR count). The van der Waals surface area contributed by atoms with Crippen LogP contribution in [0.1, 0.15) is 25.7 Å². The van der Waals surface area contributed by atoms with E-state index in [-0.39, 0.29) is 23.9 Å². The zero-order valence-electron chi connectivity index (χ0n) is 10.4. The molecule has 0 bridgehead atoms. The van der Waals surface area contributed by atoms with Crippen LogP contribution in [0.4, 0.5) is 0 Å². The summed E-state index contributed by atoms with van der Waals surface area (Å²) >= 11 is 1.80. The average molecular weight is 272 g/mol. The lowest BCUT2D eigenvalue weighted by Crippen LogP contribution is -2.52. The molecule has 1 aliphatic carbocycles. The van der Waals surface area contributed by atoms with E-state index >= 15 is 0 Å². The highest BCUT2D eigenvalue weighted by atomic mass is 32.2. The molecule has 1 saturated carbocycles. The van der Waals surface area contributed by atoms with E-state index in [1.807, 2.05) is 0 Å². The van der Waals surface area contributed by atoms with E-state index in [2.05, 4.69) is 10.6 Å². The second-order valence-electron chi connectivity index (χ2n) is 4.98. The Morgan fingerprint density at radius 2 is 1.94 bits per heavy atom. The predicted octanol–water partition coefficient (Wildman–Crippen LogP) is 0.451. The van der Waals surface area contributed by atoms with Crippen molar-refractivity contribution in [3.63, 3.8) is 0 Å². The predicted molar refractivity (Wildman–Crippen MR) is 70.6 cm³/mol. The number of aliphatic carboxylic acids is 1. The van der Waals surface area contributed by atoms with E-state index in [0.29, 0.717) is 12.8 Å². The van der Waals surface area contributed by atoms with Crippen molar-refractivity contribution in [3.05, 3.63) is 0 Å². The molecule has 1 saturated heterocycles. The van der Waals surface area contributed by atoms with Crippen molar-refractivity contribution in [1.29, 1.82) is 0 Å². The molecule has 1 amide bonds. The summed E-state index contributed by atoms with van der Waals surface area (Å²) in [5.74, 6) is 1.04. The summed E-state index contributed by atoms with van der Waals surface area (Å²) in [5, 5.41) is 15.2. The molecule has 1 atom stereocenters. The summed E-state index contributed by atoms with van der Waals surface area (Å²) in [7, 11) is 0. The van der Waals surface area contributed by atoms with Gasteiger partial charge in [-0.3, -0.25) is 9.59 Å². The third-order valence-corrected chi connectivity index (χ3v) is 4.72. The van der Waals surface area contributed by atoms with Gasteiger partial charge in [-0.05, 0) is 25.7 Å². The molecule has 2 fully saturated rings. The maximum absolute atomic E-state index is 12.0. The van der Waals surface area contributed by atoms with Gasteiger partial charge in [0, 0.05) is 24.1 Å². The van der Waals surface area contributed by atoms with E-state index in [0.717, 1.165) is 30.9 Å². The minimum atomic E-state index is -0.704. The van der Waals surface area contributed by atoms with Gasteiger partial charge in [-0.15, -0.1) is 0 Å². The molecule has 0 aromatic heterocycles. The van der Waals surface area contributed by atoms with Gasteiger partial charge in [0.05, 0.1) is 12.0 Å². The van der Waals surface area contributed by atoms with Crippen LogP contribution in [0.3, 0.4) is 0 Å². The van der Waals surface area contributed by atoms with E-state index in [1.54, 1.807) is 11.8 Å². The monoisotopic (exact) mass is 272 g/mol. The normalized spacial score (nSPS) is 32.8. The number of carboxylic acid groups (broad SMARTS) is 1. The van der Waals surface area contributed by atoms with Gasteiger partial charge in [-0.25, -0.2) is 0 Å². The fourth-order valence-corrected chi connectivity index (χ4v) is 3.45.